The van der Waals surface area contributed by atoms with Crippen LogP contribution in [0.3, 0.4) is 0 Å². The highest BCUT2D eigenvalue weighted by atomic mass is 32.2. The van der Waals surface area contributed by atoms with Crippen molar-refractivity contribution >= 4 is 26.0 Å². The van der Waals surface area contributed by atoms with E-state index in [-0.39, 0.29) is 21.9 Å². The Bertz CT molecular complexity index is 738. The lowest BCUT2D eigenvalue weighted by Crippen LogP contribution is -2.41. The zero-order valence-corrected chi connectivity index (χ0v) is 19.4. The van der Waals surface area contributed by atoms with Crippen molar-refractivity contribution in [2.75, 3.05) is 0 Å². The molecule has 0 radical (unpaired) electrons. The number of benzene rings is 1. The van der Waals surface area contributed by atoms with E-state index < -0.39 is 8.32 Å². The van der Waals surface area contributed by atoms with Gasteiger partial charge in [0.05, 0.1) is 10.5 Å². The summed E-state index contributed by atoms with van der Waals surface area (Å²) in [5.41, 5.74) is 0. The van der Waals surface area contributed by atoms with E-state index in [1.54, 1.807) is 0 Å². The van der Waals surface area contributed by atoms with Crippen LogP contribution in [-0.4, -0.2) is 25.1 Å². The Hall–Kier alpha value is -1.20. The van der Waals surface area contributed by atoms with Gasteiger partial charge in [0.15, 0.2) is 0 Å². The van der Waals surface area contributed by atoms with E-state index in [4.69, 9.17) is 9.16 Å². The van der Waals surface area contributed by atoms with Crippen molar-refractivity contribution in [3.05, 3.63) is 42.2 Å². The standard InChI is InChI=1S/C22H32O3SSi/c1-15-13-17(25-27(6,7)21(3,4)5)14-22(19(15)20(22)24-16(2)23)26-18-11-9-8-10-12-18/h8-12,14-15,19-20H,13H2,1-7H3/t15-,19-,20+,22+/m0/s1. The van der Waals surface area contributed by atoms with Crippen LogP contribution >= 0.6 is 11.8 Å². The van der Waals surface area contributed by atoms with E-state index in [0.717, 1.165) is 12.2 Å². The summed E-state index contributed by atoms with van der Waals surface area (Å²) in [6.07, 6.45) is 3.13. The maximum atomic E-state index is 11.7. The molecule has 0 N–H and O–H groups in total. The number of hydrogen-bond acceptors (Lipinski definition) is 4. The van der Waals surface area contributed by atoms with Crippen LogP contribution in [0.25, 0.3) is 0 Å². The Morgan fingerprint density at radius 1 is 1.22 bits per heavy atom. The molecule has 0 aromatic heterocycles. The highest BCUT2D eigenvalue weighted by Crippen LogP contribution is 2.66. The molecule has 0 aliphatic heterocycles. The van der Waals surface area contributed by atoms with Crippen LogP contribution in [0, 0.1) is 11.8 Å². The minimum Gasteiger partial charge on any atom is -0.547 e. The maximum absolute atomic E-state index is 11.7. The summed E-state index contributed by atoms with van der Waals surface area (Å²) in [7, 11) is -1.90. The van der Waals surface area contributed by atoms with Crippen molar-refractivity contribution < 1.29 is 14.0 Å². The molecule has 1 aromatic rings. The van der Waals surface area contributed by atoms with Gasteiger partial charge in [-0.1, -0.05) is 45.9 Å². The van der Waals surface area contributed by atoms with E-state index in [1.807, 2.05) is 17.8 Å². The quantitative estimate of drug-likeness (QED) is 0.444. The molecule has 3 rings (SSSR count). The molecule has 148 valence electrons. The topological polar surface area (TPSA) is 35.5 Å². The first-order valence-electron chi connectivity index (χ1n) is 9.78. The number of hydrogen-bond donors (Lipinski definition) is 0. The Balaban J connectivity index is 1.93. The molecule has 0 heterocycles. The molecule has 1 fully saturated rings. The summed E-state index contributed by atoms with van der Waals surface area (Å²) in [6.45, 7) is 15.1. The lowest BCUT2D eigenvalue weighted by atomic mass is 9.94. The number of allylic oxidation sites excluding steroid dienone is 1. The molecule has 0 bridgehead atoms. The first kappa shape index (κ1) is 20.5. The van der Waals surface area contributed by atoms with Crippen molar-refractivity contribution in [1.82, 2.24) is 0 Å². The fourth-order valence-electron chi connectivity index (χ4n) is 3.80. The molecule has 0 spiro atoms. The molecule has 5 heteroatoms. The van der Waals surface area contributed by atoms with Crippen molar-refractivity contribution in [3.63, 3.8) is 0 Å². The Morgan fingerprint density at radius 2 is 1.85 bits per heavy atom. The van der Waals surface area contributed by atoms with Crippen LogP contribution in [-0.2, 0) is 14.0 Å². The van der Waals surface area contributed by atoms with Crippen molar-refractivity contribution in [2.24, 2.45) is 11.8 Å². The second kappa shape index (κ2) is 7.00. The van der Waals surface area contributed by atoms with Gasteiger partial charge < -0.3 is 9.16 Å². The number of thioether (sulfide) groups is 1. The minimum absolute atomic E-state index is 0.0734. The van der Waals surface area contributed by atoms with E-state index >= 15 is 0 Å². The molecule has 3 nitrogen and oxygen atoms in total. The molecule has 2 aliphatic carbocycles. The molecule has 0 amide bonds. The highest BCUT2D eigenvalue weighted by molar-refractivity contribution is 8.01. The summed E-state index contributed by atoms with van der Waals surface area (Å²) in [5, 5.41) is 0.159. The third-order valence-corrected chi connectivity index (χ3v) is 12.1. The highest BCUT2D eigenvalue weighted by Gasteiger charge is 2.70. The van der Waals surface area contributed by atoms with Gasteiger partial charge in [-0.2, -0.15) is 0 Å². The molecular weight excluding hydrogens is 372 g/mol. The van der Waals surface area contributed by atoms with Gasteiger partial charge in [0.2, 0.25) is 8.32 Å². The van der Waals surface area contributed by atoms with E-state index in [2.05, 4.69) is 71.1 Å². The van der Waals surface area contributed by atoms with Gasteiger partial charge in [0.25, 0.3) is 0 Å². The average Bonchev–Trinajstić information content (AvgIpc) is 3.12. The van der Waals surface area contributed by atoms with Gasteiger partial charge in [0, 0.05) is 24.2 Å². The van der Waals surface area contributed by atoms with Crippen molar-refractivity contribution in [2.45, 2.75) is 74.9 Å². The fraction of sp³-hybridized carbons (Fsp3) is 0.591. The van der Waals surface area contributed by atoms with Crippen LogP contribution in [0.5, 0.6) is 0 Å². The number of fused-ring (bicyclic) bond motifs is 1. The molecule has 27 heavy (non-hydrogen) atoms. The molecule has 0 unspecified atom stereocenters. The van der Waals surface area contributed by atoms with Crippen molar-refractivity contribution in [3.8, 4) is 0 Å². The van der Waals surface area contributed by atoms with Crippen molar-refractivity contribution in [1.29, 1.82) is 0 Å². The summed E-state index contributed by atoms with van der Waals surface area (Å²) < 4.78 is 12.2. The van der Waals surface area contributed by atoms with Gasteiger partial charge in [-0.25, -0.2) is 0 Å². The molecule has 2 aliphatic rings. The molecular formula is C22H32O3SSi. The first-order valence-corrected chi connectivity index (χ1v) is 13.5. The van der Waals surface area contributed by atoms with Crippen LogP contribution < -0.4 is 0 Å². The van der Waals surface area contributed by atoms with Gasteiger partial charge in [-0.3, -0.25) is 4.79 Å². The smallest absolute Gasteiger partial charge is 0.302 e. The minimum atomic E-state index is -1.90. The van der Waals surface area contributed by atoms with Gasteiger partial charge in [-0.15, -0.1) is 11.8 Å². The number of carbonyl (C=O) groups excluding carboxylic acids is 1. The molecule has 0 saturated heterocycles. The Kier molecular flexibility index (Phi) is 5.32. The summed E-state index contributed by atoms with van der Waals surface area (Å²) in [4.78, 5) is 12.9. The van der Waals surface area contributed by atoms with Crippen LogP contribution in [0.1, 0.15) is 41.0 Å². The Labute approximate surface area is 169 Å². The first-order chi connectivity index (χ1) is 12.5. The van der Waals surface area contributed by atoms with Gasteiger partial charge >= 0.3 is 5.97 Å². The third-order valence-electron chi connectivity index (χ3n) is 6.23. The van der Waals surface area contributed by atoms with E-state index in [0.29, 0.717) is 11.8 Å². The fourth-order valence-corrected chi connectivity index (χ4v) is 6.53. The second-order valence-electron chi connectivity index (χ2n) is 9.48. The number of ether oxygens (including phenoxy) is 1. The average molecular weight is 405 g/mol. The summed E-state index contributed by atoms with van der Waals surface area (Å²) >= 11 is 1.81. The summed E-state index contributed by atoms with van der Waals surface area (Å²) in [5.74, 6) is 1.66. The normalized spacial score (nSPS) is 30.2. The van der Waals surface area contributed by atoms with Crippen LogP contribution in [0.4, 0.5) is 0 Å². The predicted octanol–water partition coefficient (Wildman–Crippen LogP) is 6.02. The van der Waals surface area contributed by atoms with E-state index in [9.17, 15) is 4.79 Å². The van der Waals surface area contributed by atoms with Gasteiger partial charge in [0.1, 0.15) is 6.10 Å². The number of rotatable bonds is 5. The maximum Gasteiger partial charge on any atom is 0.302 e. The van der Waals surface area contributed by atoms with E-state index in [1.165, 1.54) is 11.8 Å². The molecule has 1 saturated carbocycles. The van der Waals surface area contributed by atoms with Crippen LogP contribution in [0.2, 0.25) is 18.1 Å². The second-order valence-corrected chi connectivity index (χ2v) is 15.6. The SMILES string of the molecule is CC(=O)O[C@@H]1[C@@H]2[C@@H](C)CC(O[Si](C)(C)C(C)(C)C)=C[C@@]21Sc1ccccc1. The Morgan fingerprint density at radius 3 is 2.41 bits per heavy atom. The summed E-state index contributed by atoms with van der Waals surface area (Å²) in [6, 6.07) is 10.4. The zero-order chi connectivity index (χ0) is 20.0. The predicted molar refractivity (Wildman–Crippen MR) is 114 cm³/mol. The lowest BCUT2D eigenvalue weighted by Gasteiger charge is -2.39. The number of esters is 1. The largest absolute Gasteiger partial charge is 0.547 e. The third kappa shape index (κ3) is 3.99. The molecule has 4 atom stereocenters. The zero-order valence-electron chi connectivity index (χ0n) is 17.5. The monoisotopic (exact) mass is 404 g/mol. The van der Waals surface area contributed by atoms with Gasteiger partial charge in [-0.05, 0) is 42.3 Å². The number of carbonyl (C=O) groups is 1. The van der Waals surface area contributed by atoms with Crippen LogP contribution in [0.15, 0.2) is 47.1 Å². The lowest BCUT2D eigenvalue weighted by molar-refractivity contribution is -0.142. The molecule has 1 aromatic carbocycles.